The van der Waals surface area contributed by atoms with Gasteiger partial charge >= 0.3 is 5.97 Å². The molecular weight excluding hydrogens is 364 g/mol. The molecule has 5 rings (SSSR count). The first kappa shape index (κ1) is 20.7. The van der Waals surface area contributed by atoms with E-state index in [0.29, 0.717) is 36.5 Å². The third kappa shape index (κ3) is 3.80. The molecule has 29 heavy (non-hydrogen) atoms. The van der Waals surface area contributed by atoms with E-state index in [1.54, 1.807) is 0 Å². The zero-order valence-corrected chi connectivity index (χ0v) is 18.4. The topological polar surface area (TPSA) is 70.4 Å². The molecule has 5 heteroatoms. The summed E-state index contributed by atoms with van der Waals surface area (Å²) in [6, 6.07) is 2.18. The second kappa shape index (κ2) is 7.29. The monoisotopic (exact) mass is 400 g/mol. The highest BCUT2D eigenvalue weighted by molar-refractivity contribution is 5.78. The first-order valence-corrected chi connectivity index (χ1v) is 11.6. The van der Waals surface area contributed by atoms with Gasteiger partial charge in [0.2, 0.25) is 5.91 Å². The molecule has 0 aromatic rings. The summed E-state index contributed by atoms with van der Waals surface area (Å²) in [5, 5.41) is 9.56. The Balaban J connectivity index is 1.51. The summed E-state index contributed by atoms with van der Waals surface area (Å²) in [5.74, 6) is 1.86. The molecule has 4 unspecified atom stereocenters. The van der Waals surface area contributed by atoms with Crippen molar-refractivity contribution in [2.75, 3.05) is 0 Å². The predicted octanol–water partition coefficient (Wildman–Crippen LogP) is 4.45. The average Bonchev–Trinajstić information content (AvgIpc) is 2.86. The quantitative estimate of drug-likeness (QED) is 0.639. The fourth-order valence-electron chi connectivity index (χ4n) is 7.46. The number of rotatable bonds is 5. The minimum Gasteiger partial charge on any atom is -0.459 e. The smallest absolute Gasteiger partial charge is 0.306 e. The van der Waals surface area contributed by atoms with Gasteiger partial charge in [-0.25, -0.2) is 0 Å². The number of carbonyl (C=O) groups excluding carboxylic acids is 2. The highest BCUT2D eigenvalue weighted by Crippen LogP contribution is 2.64. The van der Waals surface area contributed by atoms with Gasteiger partial charge in [-0.2, -0.15) is 5.26 Å². The third-order valence-corrected chi connectivity index (χ3v) is 8.19. The van der Waals surface area contributed by atoms with Crippen molar-refractivity contribution >= 4 is 11.9 Å². The summed E-state index contributed by atoms with van der Waals surface area (Å²) in [6.45, 7) is 8.31. The van der Waals surface area contributed by atoms with Crippen LogP contribution >= 0.6 is 0 Å². The van der Waals surface area contributed by atoms with Gasteiger partial charge in [0.05, 0.1) is 6.07 Å². The lowest BCUT2D eigenvalue weighted by molar-refractivity contribution is -0.204. The van der Waals surface area contributed by atoms with Crippen LogP contribution < -0.4 is 0 Å². The van der Waals surface area contributed by atoms with E-state index in [9.17, 15) is 14.9 Å². The highest BCUT2D eigenvalue weighted by Gasteiger charge is 2.60. The van der Waals surface area contributed by atoms with Crippen LogP contribution in [-0.4, -0.2) is 34.5 Å². The Morgan fingerprint density at radius 1 is 1.14 bits per heavy atom. The van der Waals surface area contributed by atoms with E-state index in [2.05, 4.69) is 19.9 Å². The SMILES string of the molecule is CC(C)CC(=O)OC12CC3CC(CC(CC(=O)N4C(C#N)CC(C)[C@@H]4C)(C3)C1)C2. The number of esters is 1. The Bertz CT molecular complexity index is 710. The molecule has 160 valence electrons. The molecule has 1 amide bonds. The molecule has 1 aliphatic heterocycles. The van der Waals surface area contributed by atoms with Crippen LogP contribution in [0, 0.1) is 40.4 Å². The zero-order chi connectivity index (χ0) is 21.0. The van der Waals surface area contributed by atoms with Gasteiger partial charge in [-0.1, -0.05) is 20.8 Å². The fourth-order valence-corrected chi connectivity index (χ4v) is 7.46. The van der Waals surface area contributed by atoms with Gasteiger partial charge in [0.15, 0.2) is 0 Å². The molecule has 0 radical (unpaired) electrons. The molecule has 5 atom stereocenters. The van der Waals surface area contributed by atoms with Gasteiger partial charge in [0.25, 0.3) is 0 Å². The normalized spacial score (nSPS) is 42.9. The van der Waals surface area contributed by atoms with Crippen LogP contribution in [0.3, 0.4) is 0 Å². The number of amides is 1. The van der Waals surface area contributed by atoms with E-state index in [1.165, 1.54) is 6.42 Å². The van der Waals surface area contributed by atoms with Gasteiger partial charge in [0.1, 0.15) is 11.6 Å². The highest BCUT2D eigenvalue weighted by atomic mass is 16.6. The van der Waals surface area contributed by atoms with E-state index >= 15 is 0 Å². The minimum atomic E-state index is -0.352. The Hall–Kier alpha value is -1.57. The van der Waals surface area contributed by atoms with Crippen LogP contribution in [0.15, 0.2) is 0 Å². The first-order chi connectivity index (χ1) is 13.6. The largest absolute Gasteiger partial charge is 0.459 e. The van der Waals surface area contributed by atoms with Crippen LogP contribution in [-0.2, 0) is 14.3 Å². The number of likely N-dealkylation sites (tertiary alicyclic amines) is 1. The lowest BCUT2D eigenvalue weighted by Crippen LogP contribution is -2.58. The first-order valence-electron chi connectivity index (χ1n) is 11.6. The number of ether oxygens (including phenoxy) is 1. The summed E-state index contributed by atoms with van der Waals surface area (Å²) in [5.41, 5.74) is -0.403. The van der Waals surface area contributed by atoms with Gasteiger partial charge < -0.3 is 9.64 Å². The Morgan fingerprint density at radius 2 is 1.79 bits per heavy atom. The molecule has 0 spiro atoms. The molecule has 4 aliphatic carbocycles. The lowest BCUT2D eigenvalue weighted by atomic mass is 9.47. The summed E-state index contributed by atoms with van der Waals surface area (Å²) >= 11 is 0. The van der Waals surface area contributed by atoms with Gasteiger partial charge in [0, 0.05) is 18.9 Å². The zero-order valence-electron chi connectivity index (χ0n) is 18.4. The van der Waals surface area contributed by atoms with E-state index < -0.39 is 0 Å². The summed E-state index contributed by atoms with van der Waals surface area (Å²) in [6.07, 6.45) is 7.91. The molecule has 5 aliphatic rings. The average molecular weight is 401 g/mol. The summed E-state index contributed by atoms with van der Waals surface area (Å²) in [7, 11) is 0. The Morgan fingerprint density at radius 3 is 2.38 bits per heavy atom. The maximum Gasteiger partial charge on any atom is 0.306 e. The summed E-state index contributed by atoms with van der Waals surface area (Å²) in [4.78, 5) is 27.8. The number of nitrogens with zero attached hydrogens (tertiary/aromatic N) is 2. The van der Waals surface area contributed by atoms with Crippen LogP contribution in [0.1, 0.15) is 85.5 Å². The van der Waals surface area contributed by atoms with Crippen molar-refractivity contribution in [3.8, 4) is 6.07 Å². The van der Waals surface area contributed by atoms with E-state index in [0.717, 1.165) is 38.5 Å². The second-order valence-corrected chi connectivity index (χ2v) is 11.3. The minimum absolute atomic E-state index is 0.0508. The van der Waals surface area contributed by atoms with Crippen LogP contribution in [0.4, 0.5) is 0 Å². The Labute approximate surface area is 175 Å². The van der Waals surface area contributed by atoms with E-state index in [-0.39, 0.29) is 35.0 Å². The molecule has 1 saturated heterocycles. The molecule has 4 bridgehead atoms. The molecule has 0 N–H and O–H groups in total. The van der Waals surface area contributed by atoms with Crippen molar-refractivity contribution in [3.63, 3.8) is 0 Å². The van der Waals surface area contributed by atoms with Gasteiger partial charge in [-0.3, -0.25) is 9.59 Å². The van der Waals surface area contributed by atoms with Crippen LogP contribution in [0.5, 0.6) is 0 Å². The standard InChI is InChI=1S/C24H36N2O3/c1-15(2)5-22(28)29-24-10-18-7-19(11-24)9-23(8-18,14-24)12-21(27)26-17(4)16(3)6-20(26)13-25/h15-20H,5-12,14H2,1-4H3/t16?,17-,18?,19?,20?,23?,24?/m0/s1. The molecule has 1 heterocycles. The molecule has 5 nitrogen and oxygen atoms in total. The van der Waals surface area contributed by atoms with Crippen molar-refractivity contribution in [2.45, 2.75) is 103 Å². The van der Waals surface area contributed by atoms with Gasteiger partial charge in [-0.15, -0.1) is 0 Å². The van der Waals surface area contributed by atoms with Gasteiger partial charge in [-0.05, 0) is 81.0 Å². The van der Waals surface area contributed by atoms with Crippen LogP contribution in [0.25, 0.3) is 0 Å². The van der Waals surface area contributed by atoms with Crippen molar-refractivity contribution in [2.24, 2.45) is 29.1 Å². The number of carbonyl (C=O) groups is 2. The molecule has 5 fully saturated rings. The predicted molar refractivity (Wildman–Crippen MR) is 110 cm³/mol. The number of nitriles is 1. The fraction of sp³-hybridized carbons (Fsp3) is 0.875. The van der Waals surface area contributed by atoms with E-state index in [4.69, 9.17) is 4.74 Å². The van der Waals surface area contributed by atoms with Crippen molar-refractivity contribution < 1.29 is 14.3 Å². The van der Waals surface area contributed by atoms with E-state index in [1.807, 2.05) is 18.7 Å². The number of hydrogen-bond acceptors (Lipinski definition) is 4. The summed E-state index contributed by atoms with van der Waals surface area (Å²) < 4.78 is 6.16. The maximum atomic E-state index is 13.4. The lowest BCUT2D eigenvalue weighted by Gasteiger charge is -2.61. The van der Waals surface area contributed by atoms with Crippen molar-refractivity contribution in [3.05, 3.63) is 0 Å². The van der Waals surface area contributed by atoms with Crippen molar-refractivity contribution in [1.82, 2.24) is 4.90 Å². The maximum absolute atomic E-state index is 13.4. The molecule has 0 aromatic heterocycles. The molecule has 4 saturated carbocycles. The van der Waals surface area contributed by atoms with Crippen LogP contribution in [0.2, 0.25) is 0 Å². The number of hydrogen-bond donors (Lipinski definition) is 0. The third-order valence-electron chi connectivity index (χ3n) is 8.19. The van der Waals surface area contributed by atoms with Crippen molar-refractivity contribution in [1.29, 1.82) is 5.26 Å². The second-order valence-electron chi connectivity index (χ2n) is 11.3. The Kier molecular flexibility index (Phi) is 5.20. The molecular formula is C24H36N2O3. The molecule has 0 aromatic carbocycles.